The monoisotopic (exact) mass is 287 g/mol. The maximum Gasteiger partial charge on any atom is 0.172 e. The normalized spacial score (nSPS) is 9.90. The smallest absolute Gasteiger partial charge is 0.172 e. The zero-order valence-electron chi connectivity index (χ0n) is 11.5. The molecule has 2 N–H and O–H groups in total. The van der Waals surface area contributed by atoms with E-state index in [0.717, 1.165) is 22.7 Å². The fourth-order valence-electron chi connectivity index (χ4n) is 1.73. The summed E-state index contributed by atoms with van der Waals surface area (Å²) in [4.78, 5) is 4.24. The summed E-state index contributed by atoms with van der Waals surface area (Å²) < 4.78 is 5.19. The molecule has 0 aliphatic carbocycles. The first-order chi connectivity index (χ1) is 9.69. The Morgan fingerprint density at radius 3 is 2.90 bits per heavy atom. The highest BCUT2D eigenvalue weighted by Crippen LogP contribution is 2.12. The van der Waals surface area contributed by atoms with Gasteiger partial charge in [-0.3, -0.25) is 0 Å². The summed E-state index contributed by atoms with van der Waals surface area (Å²) >= 11 is 5.26. The lowest BCUT2D eigenvalue weighted by Crippen LogP contribution is -2.28. The number of hydrogen-bond acceptors (Lipinski definition) is 3. The van der Waals surface area contributed by atoms with Crippen molar-refractivity contribution in [1.29, 1.82) is 0 Å². The van der Waals surface area contributed by atoms with E-state index in [1.165, 1.54) is 0 Å². The van der Waals surface area contributed by atoms with Gasteiger partial charge in [0.25, 0.3) is 0 Å². The van der Waals surface area contributed by atoms with Gasteiger partial charge < -0.3 is 15.4 Å². The van der Waals surface area contributed by atoms with Crippen LogP contribution in [0, 0.1) is 6.92 Å². The third-order valence-electron chi connectivity index (χ3n) is 2.83. The van der Waals surface area contributed by atoms with Crippen LogP contribution in [0.2, 0.25) is 0 Å². The number of nitrogens with zero attached hydrogens (tertiary/aromatic N) is 1. The number of hydrogen-bond donors (Lipinski definition) is 2. The predicted octanol–water partition coefficient (Wildman–Crippen LogP) is 2.89. The molecule has 0 spiro atoms. The van der Waals surface area contributed by atoms with Crippen molar-refractivity contribution in [3.8, 4) is 5.75 Å². The minimum atomic E-state index is 0.551. The molecule has 0 fully saturated rings. The number of anilines is 1. The Morgan fingerprint density at radius 2 is 2.15 bits per heavy atom. The molecule has 0 atom stereocenters. The number of benzene rings is 1. The molecule has 104 valence electrons. The SMILES string of the molecule is COc1cccc(CNC(=S)Nc2ncccc2C)c1. The van der Waals surface area contributed by atoms with E-state index >= 15 is 0 Å². The summed E-state index contributed by atoms with van der Waals surface area (Å²) in [5.41, 5.74) is 2.16. The minimum Gasteiger partial charge on any atom is -0.497 e. The first kappa shape index (κ1) is 14.3. The summed E-state index contributed by atoms with van der Waals surface area (Å²) in [6.07, 6.45) is 1.74. The van der Waals surface area contributed by atoms with Crippen LogP contribution in [0.25, 0.3) is 0 Å². The minimum absolute atomic E-state index is 0.551. The van der Waals surface area contributed by atoms with Crippen LogP contribution < -0.4 is 15.4 Å². The van der Waals surface area contributed by atoms with Crippen LogP contribution in [0.5, 0.6) is 5.75 Å². The number of ether oxygens (including phenoxy) is 1. The van der Waals surface area contributed by atoms with Crippen LogP contribution in [0.3, 0.4) is 0 Å². The largest absolute Gasteiger partial charge is 0.497 e. The Labute approximate surface area is 124 Å². The molecule has 4 nitrogen and oxygen atoms in total. The zero-order valence-corrected chi connectivity index (χ0v) is 12.3. The standard InChI is InChI=1S/C15H17N3OS/c1-11-5-4-8-16-14(11)18-15(20)17-10-12-6-3-7-13(9-12)19-2/h3-9H,10H2,1-2H3,(H2,16,17,18,20). The Balaban J connectivity index is 1.90. The van der Waals surface area contributed by atoms with Crippen molar-refractivity contribution in [2.24, 2.45) is 0 Å². The summed E-state index contributed by atoms with van der Waals surface area (Å²) in [5, 5.41) is 6.79. The molecular formula is C15H17N3OS. The topological polar surface area (TPSA) is 46.2 Å². The van der Waals surface area contributed by atoms with Crippen molar-refractivity contribution in [3.05, 3.63) is 53.7 Å². The maximum absolute atomic E-state index is 5.26. The molecule has 0 aliphatic rings. The second-order valence-corrected chi connectivity index (χ2v) is 4.74. The van der Waals surface area contributed by atoms with Gasteiger partial charge in [0.05, 0.1) is 7.11 Å². The van der Waals surface area contributed by atoms with Crippen LogP contribution in [0.15, 0.2) is 42.6 Å². The summed E-state index contributed by atoms with van der Waals surface area (Å²) in [5.74, 6) is 1.61. The number of aryl methyl sites for hydroxylation is 1. The van der Waals surface area contributed by atoms with Gasteiger partial charge in [-0.1, -0.05) is 18.2 Å². The summed E-state index contributed by atoms with van der Waals surface area (Å²) in [6, 6.07) is 11.7. The summed E-state index contributed by atoms with van der Waals surface area (Å²) in [7, 11) is 1.66. The summed E-state index contributed by atoms with van der Waals surface area (Å²) in [6.45, 7) is 2.62. The van der Waals surface area contributed by atoms with Crippen molar-refractivity contribution in [2.75, 3.05) is 12.4 Å². The molecule has 0 bridgehead atoms. The number of pyridine rings is 1. The highest BCUT2D eigenvalue weighted by atomic mass is 32.1. The van der Waals surface area contributed by atoms with Crippen molar-refractivity contribution in [2.45, 2.75) is 13.5 Å². The fraction of sp³-hybridized carbons (Fsp3) is 0.200. The third kappa shape index (κ3) is 3.93. The molecular weight excluding hydrogens is 270 g/mol. The Bertz CT molecular complexity index is 601. The molecule has 0 amide bonds. The predicted molar refractivity (Wildman–Crippen MR) is 85.0 cm³/mol. The van der Waals surface area contributed by atoms with Gasteiger partial charge in [-0.2, -0.15) is 0 Å². The molecule has 1 aromatic heterocycles. The van der Waals surface area contributed by atoms with E-state index < -0.39 is 0 Å². The quantitative estimate of drug-likeness (QED) is 0.847. The number of thiocarbonyl (C=S) groups is 1. The van der Waals surface area contributed by atoms with Crippen LogP contribution in [-0.4, -0.2) is 17.2 Å². The van der Waals surface area contributed by atoms with Gasteiger partial charge in [0.1, 0.15) is 11.6 Å². The molecule has 2 rings (SSSR count). The van der Waals surface area contributed by atoms with E-state index in [1.54, 1.807) is 13.3 Å². The molecule has 0 saturated carbocycles. The van der Waals surface area contributed by atoms with Crippen molar-refractivity contribution < 1.29 is 4.74 Å². The lowest BCUT2D eigenvalue weighted by atomic mass is 10.2. The van der Waals surface area contributed by atoms with Gasteiger partial charge >= 0.3 is 0 Å². The maximum atomic E-state index is 5.26. The molecule has 2 aromatic rings. The molecule has 0 saturated heterocycles. The molecule has 0 unspecified atom stereocenters. The first-order valence-electron chi connectivity index (χ1n) is 6.28. The van der Waals surface area contributed by atoms with Crippen molar-refractivity contribution in [1.82, 2.24) is 10.3 Å². The van der Waals surface area contributed by atoms with Gasteiger partial charge in [0, 0.05) is 12.7 Å². The lowest BCUT2D eigenvalue weighted by molar-refractivity contribution is 0.414. The van der Waals surface area contributed by atoms with Gasteiger partial charge in [-0.25, -0.2) is 4.98 Å². The van der Waals surface area contributed by atoms with Gasteiger partial charge in [0.15, 0.2) is 5.11 Å². The highest BCUT2D eigenvalue weighted by molar-refractivity contribution is 7.80. The molecule has 0 aliphatic heterocycles. The zero-order chi connectivity index (χ0) is 14.4. The van der Waals surface area contributed by atoms with Crippen LogP contribution in [0.4, 0.5) is 5.82 Å². The number of nitrogens with one attached hydrogen (secondary N) is 2. The van der Waals surface area contributed by atoms with Crippen LogP contribution in [0.1, 0.15) is 11.1 Å². The lowest BCUT2D eigenvalue weighted by Gasteiger charge is -2.11. The first-order valence-corrected chi connectivity index (χ1v) is 6.69. The molecule has 1 aromatic carbocycles. The highest BCUT2D eigenvalue weighted by Gasteiger charge is 2.02. The number of rotatable bonds is 4. The van der Waals surface area contributed by atoms with E-state index in [4.69, 9.17) is 17.0 Å². The van der Waals surface area contributed by atoms with E-state index in [-0.39, 0.29) is 0 Å². The van der Waals surface area contributed by atoms with E-state index in [9.17, 15) is 0 Å². The van der Waals surface area contributed by atoms with Crippen LogP contribution >= 0.6 is 12.2 Å². The average Bonchev–Trinajstić information content (AvgIpc) is 2.48. The third-order valence-corrected chi connectivity index (χ3v) is 3.07. The van der Waals surface area contributed by atoms with Gasteiger partial charge in [-0.05, 0) is 48.5 Å². The molecule has 5 heteroatoms. The Morgan fingerprint density at radius 1 is 1.30 bits per heavy atom. The number of aromatic nitrogens is 1. The Hall–Kier alpha value is -2.14. The average molecular weight is 287 g/mol. The van der Waals surface area contributed by atoms with E-state index in [0.29, 0.717) is 11.7 Å². The van der Waals surface area contributed by atoms with Crippen LogP contribution in [-0.2, 0) is 6.54 Å². The Kier molecular flexibility index (Phi) is 4.90. The van der Waals surface area contributed by atoms with E-state index in [2.05, 4.69) is 15.6 Å². The second kappa shape index (κ2) is 6.86. The van der Waals surface area contributed by atoms with Gasteiger partial charge in [-0.15, -0.1) is 0 Å². The number of methoxy groups -OCH3 is 1. The van der Waals surface area contributed by atoms with Crippen molar-refractivity contribution in [3.63, 3.8) is 0 Å². The molecule has 0 radical (unpaired) electrons. The fourth-order valence-corrected chi connectivity index (χ4v) is 1.90. The second-order valence-electron chi connectivity index (χ2n) is 4.33. The van der Waals surface area contributed by atoms with Gasteiger partial charge in [0.2, 0.25) is 0 Å². The molecule has 20 heavy (non-hydrogen) atoms. The van der Waals surface area contributed by atoms with Crippen molar-refractivity contribution >= 4 is 23.1 Å². The molecule has 1 heterocycles. The van der Waals surface area contributed by atoms with E-state index in [1.807, 2.05) is 43.3 Å².